The van der Waals surface area contributed by atoms with Crippen LogP contribution in [-0.2, 0) is 14.2 Å². The van der Waals surface area contributed by atoms with Crippen LogP contribution < -0.4 is 5.41 Å². The van der Waals surface area contributed by atoms with Crippen LogP contribution in [0.15, 0.2) is 53.0 Å². The van der Waals surface area contributed by atoms with Crippen molar-refractivity contribution in [2.24, 2.45) is 11.8 Å². The van der Waals surface area contributed by atoms with E-state index >= 15 is 0 Å². The quantitative estimate of drug-likeness (QED) is 0.0679. The fourth-order valence-electron chi connectivity index (χ4n) is 3.20. The van der Waals surface area contributed by atoms with Crippen molar-refractivity contribution in [1.29, 1.82) is 0 Å². The molecular formula is C27H38BF4N3O3S2. The molecule has 2 rings (SSSR count). The molecule has 0 saturated heterocycles. The maximum absolute atomic E-state index is 9.75. The Morgan fingerprint density at radius 1 is 1.00 bits per heavy atom. The normalized spacial score (nSPS) is 14.9. The predicted octanol–water partition coefficient (Wildman–Crippen LogP) is 6.83. The molecule has 3 atom stereocenters. The van der Waals surface area contributed by atoms with Gasteiger partial charge in [0.1, 0.15) is 16.5 Å². The second kappa shape index (κ2) is 17.8. The zero-order valence-electron chi connectivity index (χ0n) is 23.8. The number of nitrogens with zero attached hydrogens (tertiary/aromatic N) is 2. The molecule has 0 aliphatic carbocycles. The van der Waals surface area contributed by atoms with Crippen molar-refractivity contribution in [2.75, 3.05) is 20.8 Å². The van der Waals surface area contributed by atoms with Gasteiger partial charge in [-0.05, 0) is 18.9 Å². The largest absolute Gasteiger partial charge is 0.673 e. The van der Waals surface area contributed by atoms with Gasteiger partial charge in [-0.25, -0.2) is 15.4 Å². The van der Waals surface area contributed by atoms with Crippen molar-refractivity contribution in [3.8, 4) is 10.7 Å². The highest BCUT2D eigenvalue weighted by Gasteiger charge is 2.22. The maximum Gasteiger partial charge on any atom is 0.673 e. The highest BCUT2D eigenvalue weighted by atomic mass is 32.1. The Morgan fingerprint density at radius 3 is 2.23 bits per heavy atom. The lowest BCUT2D eigenvalue weighted by molar-refractivity contribution is -0.137. The number of allylic oxidation sites excluding steroid dienone is 4. The third-order valence-corrected chi connectivity index (χ3v) is 7.09. The van der Waals surface area contributed by atoms with Gasteiger partial charge in [-0.3, -0.25) is 0 Å². The monoisotopic (exact) mass is 603 g/mol. The average Bonchev–Trinajstić information content (AvgIpc) is 3.54. The number of hydrogen-bond acceptors (Lipinski definition) is 7. The van der Waals surface area contributed by atoms with Crippen LogP contribution in [0, 0.1) is 11.8 Å². The van der Waals surface area contributed by atoms with E-state index in [0.717, 1.165) is 21.4 Å². The molecule has 222 valence electrons. The predicted molar refractivity (Wildman–Crippen MR) is 158 cm³/mol. The molecule has 0 saturated carbocycles. The van der Waals surface area contributed by atoms with Crippen LogP contribution in [-0.4, -0.2) is 50.1 Å². The molecule has 0 aliphatic rings. The highest BCUT2D eigenvalue weighted by molar-refractivity contribution is 7.14. The van der Waals surface area contributed by atoms with Crippen LogP contribution in [0.2, 0.25) is 0 Å². The first kappa shape index (κ1) is 35.3. The van der Waals surface area contributed by atoms with E-state index in [1.54, 1.807) is 43.0 Å². The van der Waals surface area contributed by atoms with Gasteiger partial charge in [0, 0.05) is 29.7 Å². The number of rotatable bonds is 13. The second-order valence-corrected chi connectivity index (χ2v) is 10.6. The van der Waals surface area contributed by atoms with Crippen molar-refractivity contribution >= 4 is 41.9 Å². The summed E-state index contributed by atoms with van der Waals surface area (Å²) in [6, 6.07) is 0. The number of thiazole rings is 2. The van der Waals surface area contributed by atoms with Gasteiger partial charge >= 0.3 is 13.2 Å². The van der Waals surface area contributed by atoms with E-state index in [4.69, 9.17) is 29.6 Å². The SMILES string of the molecule is CCOC(=[NH2+])/C=C(/OC)[C@H](C)[C@H](/C=C/c1csc(-c2csc([C@@H](C)/C=C/C=C/C(C)C)n2)n1)OC.F[B-](F)(F)F. The maximum atomic E-state index is 9.75. The van der Waals surface area contributed by atoms with Crippen LogP contribution in [0.3, 0.4) is 0 Å². The zero-order valence-corrected chi connectivity index (χ0v) is 25.4. The van der Waals surface area contributed by atoms with Gasteiger partial charge in [0.05, 0.1) is 36.6 Å². The minimum Gasteiger partial charge on any atom is -0.500 e. The lowest BCUT2D eigenvalue weighted by Crippen LogP contribution is -2.40. The number of hydrogen-bond donors (Lipinski definition) is 1. The molecule has 13 heteroatoms. The third kappa shape index (κ3) is 14.0. The van der Waals surface area contributed by atoms with Crippen molar-refractivity contribution < 1.29 is 36.9 Å². The summed E-state index contributed by atoms with van der Waals surface area (Å²) >= 11 is 3.25. The first-order valence-corrected chi connectivity index (χ1v) is 14.4. The summed E-state index contributed by atoms with van der Waals surface area (Å²) in [5.41, 5.74) is 1.78. The Bertz CT molecular complexity index is 1150. The van der Waals surface area contributed by atoms with Crippen LogP contribution in [0.25, 0.3) is 16.8 Å². The highest BCUT2D eigenvalue weighted by Crippen LogP contribution is 2.30. The molecule has 0 bridgehead atoms. The van der Waals surface area contributed by atoms with Crippen LogP contribution in [0.1, 0.15) is 51.2 Å². The topological polar surface area (TPSA) is 79.1 Å². The molecule has 40 heavy (non-hydrogen) atoms. The minimum atomic E-state index is -6.00. The summed E-state index contributed by atoms with van der Waals surface area (Å²) in [6.07, 6.45) is 14.0. The second-order valence-electron chi connectivity index (χ2n) is 8.88. The molecule has 2 heterocycles. The Hall–Kier alpha value is -2.77. The molecule has 0 unspecified atom stereocenters. The molecule has 0 aliphatic heterocycles. The Kier molecular flexibility index (Phi) is 15.7. The van der Waals surface area contributed by atoms with Crippen LogP contribution in [0.4, 0.5) is 17.3 Å². The summed E-state index contributed by atoms with van der Waals surface area (Å²) in [5.74, 6) is 1.74. The van der Waals surface area contributed by atoms with Crippen molar-refractivity contribution in [3.05, 3.63) is 63.7 Å². The van der Waals surface area contributed by atoms with E-state index < -0.39 is 7.25 Å². The summed E-state index contributed by atoms with van der Waals surface area (Å²) in [7, 11) is -2.71. The molecule has 0 radical (unpaired) electrons. The van der Waals surface area contributed by atoms with Crippen molar-refractivity contribution in [1.82, 2.24) is 9.97 Å². The third-order valence-electron chi connectivity index (χ3n) is 5.16. The first-order chi connectivity index (χ1) is 18.8. The van der Waals surface area contributed by atoms with E-state index in [-0.39, 0.29) is 17.9 Å². The summed E-state index contributed by atoms with van der Waals surface area (Å²) < 4.78 is 55.5. The lowest BCUT2D eigenvalue weighted by Gasteiger charge is -2.21. The fourth-order valence-corrected chi connectivity index (χ4v) is 4.87. The first-order valence-electron chi connectivity index (χ1n) is 12.6. The summed E-state index contributed by atoms with van der Waals surface area (Å²) in [5, 5.41) is 12.0. The van der Waals surface area contributed by atoms with E-state index in [2.05, 4.69) is 50.5 Å². The Balaban J connectivity index is 0.00000146. The number of halogens is 4. The minimum absolute atomic E-state index is 0.0654. The number of ether oxygens (including phenoxy) is 3. The fraction of sp³-hybridized carbons (Fsp3) is 0.444. The van der Waals surface area contributed by atoms with Crippen LogP contribution >= 0.6 is 22.7 Å². The smallest absolute Gasteiger partial charge is 0.500 e. The molecule has 0 fully saturated rings. The van der Waals surface area contributed by atoms with Crippen molar-refractivity contribution in [2.45, 2.75) is 46.6 Å². The molecule has 2 aromatic rings. The molecule has 2 N–H and O–H groups in total. The van der Waals surface area contributed by atoms with E-state index in [9.17, 15) is 17.3 Å². The van der Waals surface area contributed by atoms with Gasteiger partial charge in [0.2, 0.25) is 0 Å². The van der Waals surface area contributed by atoms with Crippen molar-refractivity contribution in [3.63, 3.8) is 0 Å². The van der Waals surface area contributed by atoms with E-state index in [1.165, 1.54) is 0 Å². The van der Waals surface area contributed by atoms with E-state index in [0.29, 0.717) is 24.2 Å². The zero-order chi connectivity index (χ0) is 30.3. The molecule has 0 amide bonds. The van der Waals surface area contributed by atoms with Crippen LogP contribution in [0.5, 0.6) is 0 Å². The molecular weight excluding hydrogens is 565 g/mol. The molecule has 0 spiro atoms. The number of nitrogens with two attached hydrogens (primary N) is 1. The van der Waals surface area contributed by atoms with Gasteiger partial charge < -0.3 is 31.5 Å². The summed E-state index contributed by atoms with van der Waals surface area (Å²) in [6.45, 7) is 10.9. The average molecular weight is 604 g/mol. The van der Waals surface area contributed by atoms with E-state index in [1.807, 2.05) is 31.4 Å². The molecule has 0 aromatic carbocycles. The molecule has 2 aromatic heterocycles. The van der Waals surface area contributed by atoms with Gasteiger partial charge in [0.25, 0.3) is 0 Å². The van der Waals surface area contributed by atoms with Gasteiger partial charge in [-0.2, -0.15) is 0 Å². The molecule has 6 nitrogen and oxygen atoms in total. The standard InChI is InChI=1S/C27H37N3O3S2.BF4/c1-8-33-25(28)15-24(32-7)20(5)23(31-6)14-13-21-16-34-27(29-21)22-17-35-26(30-22)19(4)12-10-9-11-18(2)3;2-1(3,4)5/h9-20,23,28H,8H2,1-7H3;/q;-1/p+1/b11-9+,12-10+,14-13+,24-15+,28-25?;/t19-,20+,23-;/m0./s1. The van der Waals surface area contributed by atoms with Gasteiger partial charge in [-0.15, -0.1) is 22.7 Å². The van der Waals surface area contributed by atoms with Gasteiger partial charge in [0.15, 0.2) is 0 Å². The van der Waals surface area contributed by atoms with Gasteiger partial charge in [-0.1, -0.05) is 58.1 Å². The summed E-state index contributed by atoms with van der Waals surface area (Å²) in [4.78, 5) is 9.57. The Morgan fingerprint density at radius 2 is 1.65 bits per heavy atom. The number of aromatic nitrogens is 2. The lowest BCUT2D eigenvalue weighted by atomic mass is 10.0. The Labute approximate surface area is 242 Å². The number of methoxy groups -OCH3 is 2.